The van der Waals surface area contributed by atoms with E-state index < -0.39 is 6.10 Å². The van der Waals surface area contributed by atoms with Gasteiger partial charge in [-0.3, -0.25) is 0 Å². The van der Waals surface area contributed by atoms with Crippen LogP contribution in [0.1, 0.15) is 22.3 Å². The van der Waals surface area contributed by atoms with Crippen molar-refractivity contribution in [1.29, 1.82) is 0 Å². The van der Waals surface area contributed by atoms with Crippen LogP contribution in [0.5, 0.6) is 5.75 Å². The summed E-state index contributed by atoms with van der Waals surface area (Å²) in [4.78, 5) is 0. The summed E-state index contributed by atoms with van der Waals surface area (Å²) in [5.41, 5.74) is 4.86. The lowest BCUT2D eigenvalue weighted by Crippen LogP contribution is -2.46. The van der Waals surface area contributed by atoms with E-state index in [2.05, 4.69) is 46.1 Å². The van der Waals surface area contributed by atoms with Crippen molar-refractivity contribution in [3.05, 3.63) is 63.7 Å². The second kappa shape index (κ2) is 8.22. The lowest BCUT2D eigenvalue weighted by Gasteiger charge is -2.32. The Hall–Kier alpha value is -1.55. The molecule has 1 unspecified atom stereocenters. The molecule has 2 aromatic rings. The summed E-state index contributed by atoms with van der Waals surface area (Å²) in [6, 6.07) is 12.0. The molecule has 2 rings (SSSR count). The molecule has 0 radical (unpaired) electrons. The van der Waals surface area contributed by atoms with Gasteiger partial charge in [0.25, 0.3) is 0 Å². The number of hydrogen-bond acceptors (Lipinski definition) is 2. The fourth-order valence-electron chi connectivity index (χ4n) is 3.08. The molecule has 2 aromatic carbocycles. The Morgan fingerprint density at radius 2 is 1.76 bits per heavy atom. The molecule has 0 aliphatic heterocycles. The van der Waals surface area contributed by atoms with Crippen molar-refractivity contribution in [3.63, 3.8) is 0 Å². The van der Waals surface area contributed by atoms with Crippen molar-refractivity contribution >= 4 is 11.6 Å². The highest BCUT2D eigenvalue weighted by atomic mass is 35.5. The zero-order chi connectivity index (χ0) is 18.6. The zero-order valence-corrected chi connectivity index (χ0v) is 16.6. The zero-order valence-electron chi connectivity index (χ0n) is 15.8. The fourth-order valence-corrected chi connectivity index (χ4v) is 3.31. The lowest BCUT2D eigenvalue weighted by atomic mass is 10.0. The molecule has 1 N–H and O–H groups in total. The van der Waals surface area contributed by atoms with Crippen LogP contribution in [0.4, 0.5) is 0 Å². The van der Waals surface area contributed by atoms with Crippen LogP contribution in [0.15, 0.2) is 36.4 Å². The minimum Gasteiger partial charge on any atom is -0.490 e. The molecule has 0 bridgehead atoms. The Morgan fingerprint density at radius 3 is 2.44 bits per heavy atom. The van der Waals surface area contributed by atoms with E-state index in [-0.39, 0.29) is 6.61 Å². The van der Waals surface area contributed by atoms with Crippen molar-refractivity contribution < 1.29 is 14.3 Å². The summed E-state index contributed by atoms with van der Waals surface area (Å²) in [6.45, 7) is 7.98. The molecule has 0 spiro atoms. The molecule has 4 heteroatoms. The van der Waals surface area contributed by atoms with Gasteiger partial charge in [0.05, 0.1) is 14.1 Å². The minimum absolute atomic E-state index is 0.275. The second-order valence-electron chi connectivity index (χ2n) is 7.58. The van der Waals surface area contributed by atoms with Gasteiger partial charge in [0.2, 0.25) is 0 Å². The summed E-state index contributed by atoms with van der Waals surface area (Å²) in [7, 11) is 4.27. The first kappa shape index (κ1) is 19.8. The van der Waals surface area contributed by atoms with Gasteiger partial charge in [0.1, 0.15) is 31.5 Å². The molecular formula is C21H29ClNO2+. The summed E-state index contributed by atoms with van der Waals surface area (Å²) < 4.78 is 6.48. The number of hydrogen-bond donors (Lipinski definition) is 1. The van der Waals surface area contributed by atoms with Gasteiger partial charge in [-0.2, -0.15) is 0 Å². The number of rotatable bonds is 7. The van der Waals surface area contributed by atoms with Gasteiger partial charge in [-0.25, -0.2) is 0 Å². The number of halogens is 1. The molecule has 0 saturated heterocycles. The van der Waals surface area contributed by atoms with Gasteiger partial charge >= 0.3 is 0 Å². The summed E-state index contributed by atoms with van der Waals surface area (Å²) >= 11 is 5.96. The number of aryl methyl sites for hydroxylation is 3. The number of quaternary nitrogens is 1. The first-order chi connectivity index (χ1) is 11.7. The first-order valence-electron chi connectivity index (χ1n) is 8.61. The molecular weight excluding hydrogens is 334 g/mol. The Labute approximate surface area is 156 Å². The van der Waals surface area contributed by atoms with E-state index in [0.29, 0.717) is 16.1 Å². The summed E-state index contributed by atoms with van der Waals surface area (Å²) in [5, 5.41) is 11.1. The molecule has 25 heavy (non-hydrogen) atoms. The third-order valence-corrected chi connectivity index (χ3v) is 4.61. The molecule has 3 nitrogen and oxygen atoms in total. The van der Waals surface area contributed by atoms with Crippen LogP contribution >= 0.6 is 11.6 Å². The van der Waals surface area contributed by atoms with Crippen LogP contribution in [-0.4, -0.2) is 42.9 Å². The Kier molecular flexibility index (Phi) is 6.50. The van der Waals surface area contributed by atoms with Gasteiger partial charge in [-0.15, -0.1) is 0 Å². The quantitative estimate of drug-likeness (QED) is 0.745. The normalized spacial score (nSPS) is 12.9. The number of aliphatic hydroxyl groups is 1. The summed E-state index contributed by atoms with van der Waals surface area (Å²) in [5.74, 6) is 0.767. The molecule has 0 aromatic heterocycles. The topological polar surface area (TPSA) is 29.5 Å². The van der Waals surface area contributed by atoms with E-state index in [4.69, 9.17) is 16.3 Å². The van der Waals surface area contributed by atoms with Crippen LogP contribution < -0.4 is 4.74 Å². The van der Waals surface area contributed by atoms with Crippen molar-refractivity contribution in [2.45, 2.75) is 33.4 Å². The van der Waals surface area contributed by atoms with Gasteiger partial charge in [0.15, 0.2) is 0 Å². The lowest BCUT2D eigenvalue weighted by molar-refractivity contribution is -0.906. The van der Waals surface area contributed by atoms with Crippen LogP contribution in [-0.2, 0) is 6.54 Å². The smallest absolute Gasteiger partial charge is 0.137 e. The Morgan fingerprint density at radius 1 is 1.04 bits per heavy atom. The van der Waals surface area contributed by atoms with Gasteiger partial charge in [-0.1, -0.05) is 35.4 Å². The maximum absolute atomic E-state index is 10.4. The largest absolute Gasteiger partial charge is 0.490 e. The third-order valence-electron chi connectivity index (χ3n) is 4.38. The van der Waals surface area contributed by atoms with Crippen LogP contribution in [0.25, 0.3) is 0 Å². The maximum Gasteiger partial charge on any atom is 0.137 e. The van der Waals surface area contributed by atoms with Crippen molar-refractivity contribution in [1.82, 2.24) is 0 Å². The molecule has 0 aliphatic carbocycles. The molecule has 0 saturated carbocycles. The standard InChI is InChI=1S/C21H29ClNO2/c1-15-6-7-16(2)18(10-15)12-23(4,5)13-20(24)14-25-21-9-8-19(22)11-17(21)3/h6-11,20,24H,12-14H2,1-5H3/q+1. The van der Waals surface area contributed by atoms with E-state index in [9.17, 15) is 5.11 Å². The molecule has 0 fully saturated rings. The average molecular weight is 363 g/mol. The monoisotopic (exact) mass is 362 g/mol. The average Bonchev–Trinajstić information content (AvgIpc) is 2.49. The highest BCUT2D eigenvalue weighted by Crippen LogP contribution is 2.22. The van der Waals surface area contributed by atoms with E-state index in [0.717, 1.165) is 17.9 Å². The summed E-state index contributed by atoms with van der Waals surface area (Å²) in [6.07, 6.45) is -0.532. The molecule has 136 valence electrons. The van der Waals surface area contributed by atoms with Crippen molar-refractivity contribution in [2.75, 3.05) is 27.2 Å². The predicted octanol–water partition coefficient (Wildman–Crippen LogP) is 4.28. The fraction of sp³-hybridized carbons (Fsp3) is 0.429. The van der Waals surface area contributed by atoms with Crippen molar-refractivity contribution in [3.8, 4) is 5.75 Å². The predicted molar refractivity (Wildman–Crippen MR) is 104 cm³/mol. The van der Waals surface area contributed by atoms with Gasteiger partial charge < -0.3 is 14.3 Å². The van der Waals surface area contributed by atoms with Crippen molar-refractivity contribution in [2.24, 2.45) is 0 Å². The minimum atomic E-state index is -0.532. The number of benzene rings is 2. The van der Waals surface area contributed by atoms with E-state index in [1.54, 1.807) is 6.07 Å². The molecule has 0 amide bonds. The van der Waals surface area contributed by atoms with E-state index in [1.165, 1.54) is 16.7 Å². The van der Waals surface area contributed by atoms with Gasteiger partial charge in [-0.05, 0) is 50.1 Å². The Bertz CT molecular complexity index is 728. The van der Waals surface area contributed by atoms with E-state index in [1.807, 2.05) is 19.1 Å². The van der Waals surface area contributed by atoms with Crippen LogP contribution in [0.3, 0.4) is 0 Å². The number of likely N-dealkylation sites (N-methyl/N-ethyl adjacent to an activating group) is 1. The number of aliphatic hydroxyl groups excluding tert-OH is 1. The van der Waals surface area contributed by atoms with E-state index >= 15 is 0 Å². The maximum atomic E-state index is 10.4. The number of nitrogens with zero attached hydrogens (tertiary/aromatic N) is 1. The Balaban J connectivity index is 1.93. The highest BCUT2D eigenvalue weighted by Gasteiger charge is 2.22. The van der Waals surface area contributed by atoms with Crippen LogP contribution in [0.2, 0.25) is 5.02 Å². The second-order valence-corrected chi connectivity index (χ2v) is 8.02. The molecule has 0 aliphatic rings. The van der Waals surface area contributed by atoms with Gasteiger partial charge in [0, 0.05) is 10.6 Å². The van der Waals surface area contributed by atoms with Crippen LogP contribution in [0, 0.1) is 20.8 Å². The number of ether oxygens (including phenoxy) is 1. The first-order valence-corrected chi connectivity index (χ1v) is 8.99. The molecule has 0 heterocycles. The SMILES string of the molecule is Cc1ccc(C)c(C[N+](C)(C)CC(O)COc2ccc(Cl)cc2C)c1. The molecule has 1 atom stereocenters. The highest BCUT2D eigenvalue weighted by molar-refractivity contribution is 6.30. The third kappa shape index (κ3) is 6.03.